The summed E-state index contributed by atoms with van der Waals surface area (Å²) < 4.78 is 11.2. The Hall–Kier alpha value is -1.78. The summed E-state index contributed by atoms with van der Waals surface area (Å²) >= 11 is 10.9. The summed E-state index contributed by atoms with van der Waals surface area (Å²) in [5.41, 5.74) is 6.29. The molecule has 0 aliphatic rings. The van der Waals surface area contributed by atoms with Crippen LogP contribution in [0.4, 0.5) is 0 Å². The van der Waals surface area contributed by atoms with Crippen LogP contribution in [-0.4, -0.2) is 11.6 Å². The Morgan fingerprint density at radius 3 is 2.40 bits per heavy atom. The van der Waals surface area contributed by atoms with E-state index in [0.29, 0.717) is 28.7 Å². The van der Waals surface area contributed by atoms with Gasteiger partial charge in [0, 0.05) is 5.02 Å². The molecule has 5 heteroatoms. The summed E-state index contributed by atoms with van der Waals surface area (Å²) in [7, 11) is 0. The van der Waals surface area contributed by atoms with Crippen molar-refractivity contribution >= 4 is 28.8 Å². The first-order chi connectivity index (χ1) is 9.60. The van der Waals surface area contributed by atoms with Crippen LogP contribution >= 0.6 is 23.8 Å². The average molecular weight is 308 g/mol. The molecule has 0 aromatic heterocycles. The fourth-order valence-corrected chi connectivity index (χ4v) is 2.01. The van der Waals surface area contributed by atoms with Crippen LogP contribution in [-0.2, 0) is 0 Å². The van der Waals surface area contributed by atoms with E-state index in [1.54, 1.807) is 18.2 Å². The average Bonchev–Trinajstić information content (AvgIpc) is 2.43. The third kappa shape index (κ3) is 3.62. The zero-order chi connectivity index (χ0) is 14.5. The molecule has 0 fully saturated rings. The largest absolute Gasteiger partial charge is 0.494 e. The third-order valence-corrected chi connectivity index (χ3v) is 3.02. The lowest BCUT2D eigenvalue weighted by molar-refractivity contribution is 0.339. The number of halogens is 1. The van der Waals surface area contributed by atoms with Gasteiger partial charge >= 0.3 is 0 Å². The minimum absolute atomic E-state index is 0.244. The van der Waals surface area contributed by atoms with Crippen LogP contribution in [0.1, 0.15) is 12.5 Å². The molecular weight excluding hydrogens is 294 g/mol. The Morgan fingerprint density at radius 2 is 1.80 bits per heavy atom. The van der Waals surface area contributed by atoms with E-state index in [9.17, 15) is 0 Å². The van der Waals surface area contributed by atoms with Crippen molar-refractivity contribution in [3.8, 4) is 17.2 Å². The van der Waals surface area contributed by atoms with Crippen LogP contribution in [0.25, 0.3) is 0 Å². The molecule has 0 saturated carbocycles. The predicted molar refractivity (Wildman–Crippen MR) is 85.0 cm³/mol. The predicted octanol–water partition coefficient (Wildman–Crippen LogP) is 4.17. The number of thiocarbonyl (C=S) groups is 1. The number of nitrogens with two attached hydrogens (primary N) is 1. The Morgan fingerprint density at radius 1 is 1.15 bits per heavy atom. The van der Waals surface area contributed by atoms with Crippen LogP contribution in [0.5, 0.6) is 17.2 Å². The maximum absolute atomic E-state index is 5.93. The lowest BCUT2D eigenvalue weighted by Crippen LogP contribution is -2.10. The molecule has 0 amide bonds. The van der Waals surface area contributed by atoms with Gasteiger partial charge in [-0.2, -0.15) is 0 Å². The quantitative estimate of drug-likeness (QED) is 0.842. The highest BCUT2D eigenvalue weighted by atomic mass is 35.5. The standard InChI is InChI=1S/C15H14ClNO2S/c1-2-18-11-4-6-12(7-5-11)19-14-8-3-10(16)9-13(14)15(17)20/h3-9H,2H2,1H3,(H2,17,20). The lowest BCUT2D eigenvalue weighted by Gasteiger charge is -2.11. The van der Waals surface area contributed by atoms with Gasteiger partial charge in [0.25, 0.3) is 0 Å². The van der Waals surface area contributed by atoms with Gasteiger partial charge < -0.3 is 15.2 Å². The van der Waals surface area contributed by atoms with Gasteiger partial charge in [-0.15, -0.1) is 0 Å². The first kappa shape index (κ1) is 14.6. The van der Waals surface area contributed by atoms with E-state index in [4.69, 9.17) is 39.0 Å². The van der Waals surface area contributed by atoms with E-state index in [-0.39, 0.29) is 4.99 Å². The summed E-state index contributed by atoms with van der Waals surface area (Å²) in [5.74, 6) is 2.05. The van der Waals surface area contributed by atoms with Crippen molar-refractivity contribution in [2.75, 3.05) is 6.61 Å². The molecule has 0 aliphatic carbocycles. The second-order valence-corrected chi connectivity index (χ2v) is 4.89. The second-order valence-electron chi connectivity index (χ2n) is 4.01. The molecule has 0 saturated heterocycles. The highest BCUT2D eigenvalue weighted by Crippen LogP contribution is 2.29. The number of rotatable bonds is 5. The maximum atomic E-state index is 5.93. The minimum atomic E-state index is 0.244. The number of ether oxygens (including phenoxy) is 2. The molecule has 0 radical (unpaired) electrons. The highest BCUT2D eigenvalue weighted by molar-refractivity contribution is 7.80. The molecule has 0 unspecified atom stereocenters. The molecular formula is C15H14ClNO2S. The summed E-state index contributed by atoms with van der Waals surface area (Å²) in [5, 5.41) is 0.562. The molecule has 0 heterocycles. The summed E-state index contributed by atoms with van der Waals surface area (Å²) in [6, 6.07) is 12.5. The summed E-state index contributed by atoms with van der Waals surface area (Å²) in [4.78, 5) is 0.244. The smallest absolute Gasteiger partial charge is 0.137 e. The molecule has 2 aromatic rings. The van der Waals surface area contributed by atoms with Crippen LogP contribution in [0.15, 0.2) is 42.5 Å². The van der Waals surface area contributed by atoms with Gasteiger partial charge in [-0.3, -0.25) is 0 Å². The van der Waals surface area contributed by atoms with Crippen LogP contribution < -0.4 is 15.2 Å². The summed E-state index contributed by atoms with van der Waals surface area (Å²) in [6.07, 6.45) is 0. The van der Waals surface area contributed by atoms with Gasteiger partial charge in [0.1, 0.15) is 22.2 Å². The van der Waals surface area contributed by atoms with Crippen LogP contribution in [0.3, 0.4) is 0 Å². The van der Waals surface area contributed by atoms with E-state index in [1.807, 2.05) is 31.2 Å². The van der Waals surface area contributed by atoms with E-state index < -0.39 is 0 Å². The molecule has 20 heavy (non-hydrogen) atoms. The van der Waals surface area contributed by atoms with Crippen molar-refractivity contribution in [2.24, 2.45) is 5.73 Å². The van der Waals surface area contributed by atoms with Crippen molar-refractivity contribution in [3.63, 3.8) is 0 Å². The fraction of sp³-hybridized carbons (Fsp3) is 0.133. The van der Waals surface area contributed by atoms with E-state index >= 15 is 0 Å². The SMILES string of the molecule is CCOc1ccc(Oc2ccc(Cl)cc2C(N)=S)cc1. The number of hydrogen-bond acceptors (Lipinski definition) is 3. The van der Waals surface area contributed by atoms with Crippen LogP contribution in [0.2, 0.25) is 5.02 Å². The number of hydrogen-bond donors (Lipinski definition) is 1. The Kier molecular flexibility index (Phi) is 4.82. The Labute approximate surface area is 128 Å². The lowest BCUT2D eigenvalue weighted by atomic mass is 10.2. The van der Waals surface area contributed by atoms with Gasteiger partial charge in [0.15, 0.2) is 0 Å². The van der Waals surface area contributed by atoms with Crippen molar-refractivity contribution in [2.45, 2.75) is 6.92 Å². The zero-order valence-corrected chi connectivity index (χ0v) is 12.5. The van der Waals surface area contributed by atoms with Gasteiger partial charge in [-0.05, 0) is 49.4 Å². The second kappa shape index (κ2) is 6.59. The molecule has 104 valence electrons. The van der Waals surface area contributed by atoms with E-state index in [0.717, 1.165) is 5.75 Å². The molecule has 0 bridgehead atoms. The van der Waals surface area contributed by atoms with Gasteiger partial charge in [0.2, 0.25) is 0 Å². The third-order valence-electron chi connectivity index (χ3n) is 2.57. The van der Waals surface area contributed by atoms with Crippen molar-refractivity contribution in [1.82, 2.24) is 0 Å². The molecule has 2 N–H and O–H groups in total. The highest BCUT2D eigenvalue weighted by Gasteiger charge is 2.08. The fourth-order valence-electron chi connectivity index (χ4n) is 1.68. The van der Waals surface area contributed by atoms with Gasteiger partial charge in [0.05, 0.1) is 12.2 Å². The van der Waals surface area contributed by atoms with Gasteiger partial charge in [-0.25, -0.2) is 0 Å². The van der Waals surface area contributed by atoms with Crippen molar-refractivity contribution in [1.29, 1.82) is 0 Å². The van der Waals surface area contributed by atoms with Crippen molar-refractivity contribution < 1.29 is 9.47 Å². The van der Waals surface area contributed by atoms with Gasteiger partial charge in [-0.1, -0.05) is 23.8 Å². The topological polar surface area (TPSA) is 44.5 Å². The molecule has 0 spiro atoms. The number of benzene rings is 2. The zero-order valence-electron chi connectivity index (χ0n) is 10.9. The van der Waals surface area contributed by atoms with Crippen molar-refractivity contribution in [3.05, 3.63) is 53.1 Å². The van der Waals surface area contributed by atoms with E-state index in [1.165, 1.54) is 0 Å². The van der Waals surface area contributed by atoms with E-state index in [2.05, 4.69) is 0 Å². The Balaban J connectivity index is 2.23. The summed E-state index contributed by atoms with van der Waals surface area (Å²) in [6.45, 7) is 2.57. The monoisotopic (exact) mass is 307 g/mol. The molecule has 0 atom stereocenters. The molecule has 2 aromatic carbocycles. The first-order valence-corrected chi connectivity index (χ1v) is 6.89. The van der Waals surface area contributed by atoms with Crippen LogP contribution in [0, 0.1) is 0 Å². The molecule has 2 rings (SSSR count). The first-order valence-electron chi connectivity index (χ1n) is 6.10. The molecule has 3 nitrogen and oxygen atoms in total. The minimum Gasteiger partial charge on any atom is -0.494 e. The molecule has 0 aliphatic heterocycles. The maximum Gasteiger partial charge on any atom is 0.137 e. The Bertz CT molecular complexity index is 614. The normalized spacial score (nSPS) is 10.1.